The Balaban J connectivity index is 2.15. The van der Waals surface area contributed by atoms with Gasteiger partial charge in [0.2, 0.25) is 10.0 Å². The molecular formula is C20H30N3O4S+. The molecule has 8 heteroatoms. The average molecular weight is 409 g/mol. The van der Waals surface area contributed by atoms with Gasteiger partial charge in [0, 0.05) is 18.8 Å². The van der Waals surface area contributed by atoms with E-state index in [-0.39, 0.29) is 22.9 Å². The highest BCUT2D eigenvalue weighted by Crippen LogP contribution is 2.23. The van der Waals surface area contributed by atoms with Gasteiger partial charge in [-0.3, -0.25) is 4.79 Å². The van der Waals surface area contributed by atoms with Crippen molar-refractivity contribution >= 4 is 21.6 Å². The van der Waals surface area contributed by atoms with Crippen molar-refractivity contribution in [2.75, 3.05) is 18.4 Å². The van der Waals surface area contributed by atoms with Crippen LogP contribution in [0.2, 0.25) is 0 Å². The fourth-order valence-corrected chi connectivity index (χ4v) is 4.79. The van der Waals surface area contributed by atoms with Gasteiger partial charge < -0.3 is 15.1 Å². The Morgan fingerprint density at radius 3 is 2.46 bits per heavy atom. The van der Waals surface area contributed by atoms with Crippen LogP contribution in [0.15, 0.2) is 45.9 Å². The lowest BCUT2D eigenvalue weighted by atomic mass is 10.2. The number of aryl methyl sites for hydroxylation is 1. The fourth-order valence-electron chi connectivity index (χ4n) is 3.08. The number of carbonyl (C=O) groups is 1. The van der Waals surface area contributed by atoms with Crippen molar-refractivity contribution in [3.63, 3.8) is 0 Å². The number of hydrogen-bond acceptors (Lipinski definition) is 4. The van der Waals surface area contributed by atoms with E-state index < -0.39 is 10.0 Å². The molecule has 0 spiro atoms. The largest absolute Gasteiger partial charge is 0.463 e. The van der Waals surface area contributed by atoms with Gasteiger partial charge in [-0.25, -0.2) is 8.42 Å². The van der Waals surface area contributed by atoms with Crippen molar-refractivity contribution in [3.05, 3.63) is 47.9 Å². The zero-order valence-electron chi connectivity index (χ0n) is 17.1. The van der Waals surface area contributed by atoms with Crippen LogP contribution >= 0.6 is 0 Å². The van der Waals surface area contributed by atoms with Crippen LogP contribution in [-0.2, 0) is 14.8 Å². The third-order valence-corrected chi connectivity index (χ3v) is 6.95. The van der Waals surface area contributed by atoms with Gasteiger partial charge in [-0.1, -0.05) is 19.9 Å². The van der Waals surface area contributed by atoms with Crippen molar-refractivity contribution in [2.45, 2.75) is 51.6 Å². The molecule has 0 radical (unpaired) electrons. The van der Waals surface area contributed by atoms with Gasteiger partial charge >= 0.3 is 0 Å². The number of sulfonamides is 1. The minimum atomic E-state index is -3.60. The zero-order chi connectivity index (χ0) is 20.9. The quantitative estimate of drug-likeness (QED) is 0.665. The first-order chi connectivity index (χ1) is 13.2. The third kappa shape index (κ3) is 5.01. The summed E-state index contributed by atoms with van der Waals surface area (Å²) in [6.45, 7) is 9.92. The maximum absolute atomic E-state index is 12.9. The summed E-state index contributed by atoms with van der Waals surface area (Å²) in [4.78, 5) is 12.8. The molecule has 154 valence electrons. The number of nitrogens with two attached hydrogens (primary N) is 1. The number of carbonyl (C=O) groups excluding carboxylic acids is 1. The molecule has 1 aromatic heterocycles. The first-order valence-corrected chi connectivity index (χ1v) is 10.9. The van der Waals surface area contributed by atoms with Crippen LogP contribution in [0.3, 0.4) is 0 Å². The maximum atomic E-state index is 12.9. The lowest BCUT2D eigenvalue weighted by Gasteiger charge is -2.20. The van der Waals surface area contributed by atoms with Crippen LogP contribution in [0, 0.1) is 6.92 Å². The monoisotopic (exact) mass is 408 g/mol. The van der Waals surface area contributed by atoms with E-state index in [1.165, 1.54) is 10.4 Å². The summed E-state index contributed by atoms with van der Waals surface area (Å²) in [5, 5.41) is 4.72. The minimum Gasteiger partial charge on any atom is -0.463 e. The summed E-state index contributed by atoms with van der Waals surface area (Å²) in [6, 6.07) is 8.27. The molecule has 2 rings (SSSR count). The van der Waals surface area contributed by atoms with Gasteiger partial charge in [0.1, 0.15) is 6.04 Å². The molecule has 1 heterocycles. The Labute approximate surface area is 167 Å². The van der Waals surface area contributed by atoms with E-state index in [4.69, 9.17) is 4.42 Å². The number of nitrogens with one attached hydrogen (secondary N) is 1. The predicted molar refractivity (Wildman–Crippen MR) is 108 cm³/mol. The third-order valence-electron chi connectivity index (χ3n) is 4.76. The molecule has 0 aliphatic carbocycles. The molecule has 1 amide bonds. The second-order valence-electron chi connectivity index (χ2n) is 6.84. The highest BCUT2D eigenvalue weighted by molar-refractivity contribution is 7.89. The number of nitrogens with zero attached hydrogens (tertiary/aromatic N) is 1. The minimum absolute atomic E-state index is 0.00706. The number of amides is 1. The normalized spacial score (nSPS) is 14.1. The number of hydrogen-bond donors (Lipinski definition) is 2. The molecule has 0 unspecified atom stereocenters. The average Bonchev–Trinajstić information content (AvgIpc) is 3.18. The molecule has 0 aliphatic heterocycles. The summed E-state index contributed by atoms with van der Waals surface area (Å²) in [5.41, 5.74) is 1.11. The Bertz CT molecular complexity index is 890. The van der Waals surface area contributed by atoms with Crippen LogP contribution in [-0.4, -0.2) is 37.8 Å². The highest BCUT2D eigenvalue weighted by atomic mass is 32.2. The Hall–Kier alpha value is -2.16. The molecule has 0 bridgehead atoms. The first-order valence-electron chi connectivity index (χ1n) is 9.50. The molecule has 7 nitrogen and oxygen atoms in total. The van der Waals surface area contributed by atoms with E-state index in [0.29, 0.717) is 24.3 Å². The second-order valence-corrected chi connectivity index (χ2v) is 8.75. The van der Waals surface area contributed by atoms with Gasteiger partial charge in [0.25, 0.3) is 5.91 Å². The van der Waals surface area contributed by atoms with Crippen LogP contribution in [0.4, 0.5) is 5.69 Å². The number of anilines is 1. The summed E-state index contributed by atoms with van der Waals surface area (Å²) >= 11 is 0. The van der Waals surface area contributed by atoms with Crippen molar-refractivity contribution in [2.24, 2.45) is 0 Å². The number of furan rings is 1. The van der Waals surface area contributed by atoms with E-state index in [9.17, 15) is 13.2 Å². The first kappa shape index (κ1) is 22.1. The van der Waals surface area contributed by atoms with Crippen LogP contribution in [0.5, 0.6) is 0 Å². The van der Waals surface area contributed by atoms with Crippen LogP contribution in [0.25, 0.3) is 0 Å². The standard InChI is InChI=1S/C20H29N3O4S/c1-6-23(7-2)28(25,26)19-13-17(11-10-14(19)3)22-20(24)16(5)21-15(4)18-9-8-12-27-18/h8-13,15-16,21H,6-7H2,1-5H3,(H,22,24)/p+1/t15-,16-/m0/s1. The van der Waals surface area contributed by atoms with Gasteiger partial charge in [0.15, 0.2) is 11.8 Å². The summed E-state index contributed by atoms with van der Waals surface area (Å²) < 4.78 is 32.5. The lowest BCUT2D eigenvalue weighted by Crippen LogP contribution is -2.91. The van der Waals surface area contributed by atoms with Crippen molar-refractivity contribution < 1.29 is 22.9 Å². The number of benzene rings is 1. The zero-order valence-corrected chi connectivity index (χ0v) is 17.9. The summed E-state index contributed by atoms with van der Waals surface area (Å²) in [5.74, 6) is 0.594. The van der Waals surface area contributed by atoms with Gasteiger partial charge in [0.05, 0.1) is 11.2 Å². The molecule has 28 heavy (non-hydrogen) atoms. The lowest BCUT2D eigenvalue weighted by molar-refractivity contribution is -0.711. The topological polar surface area (TPSA) is 96.2 Å². The molecule has 0 fully saturated rings. The van der Waals surface area contributed by atoms with Crippen molar-refractivity contribution in [3.8, 4) is 0 Å². The van der Waals surface area contributed by atoms with E-state index in [1.807, 2.05) is 24.4 Å². The molecule has 2 aromatic rings. The molecule has 1 aromatic carbocycles. The summed E-state index contributed by atoms with van der Waals surface area (Å²) in [7, 11) is -3.60. The van der Waals surface area contributed by atoms with Crippen LogP contribution < -0.4 is 10.6 Å². The molecular weight excluding hydrogens is 378 g/mol. The Kier molecular flexibility index (Phi) is 7.40. The van der Waals surface area contributed by atoms with Crippen molar-refractivity contribution in [1.29, 1.82) is 0 Å². The van der Waals surface area contributed by atoms with Gasteiger partial charge in [-0.15, -0.1) is 0 Å². The van der Waals surface area contributed by atoms with E-state index in [0.717, 1.165) is 5.76 Å². The van der Waals surface area contributed by atoms with E-state index in [2.05, 4.69) is 5.32 Å². The second kappa shape index (κ2) is 9.36. The maximum Gasteiger partial charge on any atom is 0.282 e. The highest BCUT2D eigenvalue weighted by Gasteiger charge is 2.25. The molecule has 0 aliphatic rings. The van der Waals surface area contributed by atoms with Gasteiger partial charge in [-0.2, -0.15) is 4.31 Å². The SMILES string of the molecule is CCN(CC)S(=O)(=O)c1cc(NC(=O)[C@H](C)[NH2+][C@@H](C)c2ccco2)ccc1C. The molecule has 2 atom stereocenters. The molecule has 3 N–H and O–H groups in total. The van der Waals surface area contributed by atoms with E-state index >= 15 is 0 Å². The van der Waals surface area contributed by atoms with Crippen molar-refractivity contribution in [1.82, 2.24) is 4.31 Å². The number of rotatable bonds is 9. The molecule has 0 saturated carbocycles. The summed E-state index contributed by atoms with van der Waals surface area (Å²) in [6.07, 6.45) is 1.61. The Morgan fingerprint density at radius 2 is 1.89 bits per heavy atom. The predicted octanol–water partition coefficient (Wildman–Crippen LogP) is 2.27. The fraction of sp³-hybridized carbons (Fsp3) is 0.450. The Morgan fingerprint density at radius 1 is 1.21 bits per heavy atom. The van der Waals surface area contributed by atoms with E-state index in [1.54, 1.807) is 46.1 Å². The smallest absolute Gasteiger partial charge is 0.282 e. The van der Waals surface area contributed by atoms with Gasteiger partial charge in [-0.05, 0) is 50.6 Å². The van der Waals surface area contributed by atoms with Crippen LogP contribution in [0.1, 0.15) is 45.1 Å². The molecule has 0 saturated heterocycles. The number of quaternary nitrogens is 1.